The first-order valence-corrected chi connectivity index (χ1v) is 13.1. The molecule has 2 atom stereocenters. The fraction of sp³-hybridized carbons (Fsp3) is 0.556. The molecule has 2 aromatic heterocycles. The van der Waals surface area contributed by atoms with E-state index in [0.29, 0.717) is 12.8 Å². The Morgan fingerprint density at radius 1 is 1.11 bits per heavy atom. The van der Waals surface area contributed by atoms with Gasteiger partial charge in [0.15, 0.2) is 0 Å². The monoisotopic (exact) mass is 479 g/mol. The van der Waals surface area contributed by atoms with Crippen molar-refractivity contribution >= 4 is 23.5 Å². The maximum atomic E-state index is 12.9. The van der Waals surface area contributed by atoms with Gasteiger partial charge in [-0.25, -0.2) is 14.8 Å². The number of anilines is 2. The molecule has 0 aromatic carbocycles. The molecule has 1 saturated heterocycles. The van der Waals surface area contributed by atoms with Crippen LogP contribution >= 0.6 is 0 Å². The number of pyridine rings is 2. The van der Waals surface area contributed by atoms with Crippen LogP contribution in [0.3, 0.4) is 0 Å². The molecule has 0 spiro atoms. The number of aromatic nitrogens is 2. The Labute approximate surface area is 207 Å². The lowest BCUT2D eigenvalue weighted by Crippen LogP contribution is -2.49. The zero-order valence-corrected chi connectivity index (χ0v) is 20.4. The summed E-state index contributed by atoms with van der Waals surface area (Å²) in [7, 11) is 0. The van der Waals surface area contributed by atoms with E-state index in [4.69, 9.17) is 4.98 Å². The highest BCUT2D eigenvalue weighted by Gasteiger charge is 2.33. The van der Waals surface area contributed by atoms with Gasteiger partial charge in [0, 0.05) is 25.0 Å². The first-order valence-electron chi connectivity index (χ1n) is 13.1. The number of hydrogen-bond donors (Lipinski definition) is 3. The van der Waals surface area contributed by atoms with Crippen molar-refractivity contribution in [3.05, 3.63) is 47.8 Å². The summed E-state index contributed by atoms with van der Waals surface area (Å²) >= 11 is 0. The summed E-state index contributed by atoms with van der Waals surface area (Å²) in [4.78, 5) is 35.7. The number of carbonyl (C=O) groups excluding carboxylic acids is 1. The van der Waals surface area contributed by atoms with E-state index < -0.39 is 12.0 Å². The SMILES string of the molecule is O=C(O)C(CCCCCCCc1ccc2c(n1)NCCC2)NC(=O)[C@@H]1CCCN1c1ccccn1. The molecule has 0 aliphatic carbocycles. The van der Waals surface area contributed by atoms with Crippen LogP contribution in [0.4, 0.5) is 11.6 Å². The Morgan fingerprint density at radius 2 is 1.97 bits per heavy atom. The molecule has 2 aliphatic heterocycles. The van der Waals surface area contributed by atoms with Crippen molar-refractivity contribution in [2.75, 3.05) is 23.3 Å². The zero-order chi connectivity index (χ0) is 24.5. The molecule has 0 bridgehead atoms. The van der Waals surface area contributed by atoms with Gasteiger partial charge in [-0.1, -0.05) is 37.8 Å². The second kappa shape index (κ2) is 12.5. The summed E-state index contributed by atoms with van der Waals surface area (Å²) in [6.07, 6.45) is 12.0. The Balaban J connectivity index is 1.15. The van der Waals surface area contributed by atoms with Gasteiger partial charge in [0.1, 0.15) is 23.7 Å². The molecule has 0 radical (unpaired) electrons. The minimum Gasteiger partial charge on any atom is -0.480 e. The van der Waals surface area contributed by atoms with E-state index in [1.807, 2.05) is 23.1 Å². The summed E-state index contributed by atoms with van der Waals surface area (Å²) in [5, 5.41) is 15.8. The minimum absolute atomic E-state index is 0.215. The van der Waals surface area contributed by atoms with E-state index in [1.54, 1.807) is 6.20 Å². The van der Waals surface area contributed by atoms with Crippen LogP contribution in [0.1, 0.15) is 69.0 Å². The molecule has 1 amide bonds. The fourth-order valence-corrected chi connectivity index (χ4v) is 5.06. The van der Waals surface area contributed by atoms with E-state index in [2.05, 4.69) is 27.8 Å². The molecule has 4 rings (SSSR count). The summed E-state index contributed by atoms with van der Waals surface area (Å²) in [6.45, 7) is 1.76. The van der Waals surface area contributed by atoms with Crippen LogP contribution in [0, 0.1) is 0 Å². The standard InChI is InChI=1S/C27H37N5O3/c33-26(23-13-9-19-32(23)24-14-6-7-17-28-24)31-22(27(34)35)12-5-3-1-2-4-11-21-16-15-20-10-8-18-29-25(20)30-21/h6-7,14-17,22-23H,1-5,8-13,18-19H2,(H,29,30)(H,31,33)(H,34,35)/t22?,23-/m0/s1. The Kier molecular flexibility index (Phi) is 8.92. The number of hydrogen-bond acceptors (Lipinski definition) is 6. The number of nitrogens with zero attached hydrogens (tertiary/aromatic N) is 3. The average Bonchev–Trinajstić information content (AvgIpc) is 3.38. The lowest BCUT2D eigenvalue weighted by molar-refractivity contribution is -0.142. The molecule has 2 aliphatic rings. The van der Waals surface area contributed by atoms with Gasteiger partial charge in [-0.3, -0.25) is 4.79 Å². The van der Waals surface area contributed by atoms with Crippen molar-refractivity contribution in [1.29, 1.82) is 0 Å². The van der Waals surface area contributed by atoms with Crippen LogP contribution in [-0.4, -0.2) is 52.1 Å². The van der Waals surface area contributed by atoms with Crippen molar-refractivity contribution in [3.63, 3.8) is 0 Å². The van der Waals surface area contributed by atoms with Crippen LogP contribution in [0.5, 0.6) is 0 Å². The highest BCUT2D eigenvalue weighted by Crippen LogP contribution is 2.24. The third-order valence-corrected chi connectivity index (χ3v) is 6.99. The van der Waals surface area contributed by atoms with Gasteiger partial charge < -0.3 is 20.6 Å². The Bertz CT molecular complexity index is 984. The number of carbonyl (C=O) groups is 2. The van der Waals surface area contributed by atoms with E-state index in [9.17, 15) is 14.7 Å². The van der Waals surface area contributed by atoms with E-state index in [0.717, 1.165) is 81.8 Å². The molecule has 2 aromatic rings. The number of aliphatic carboxylic acids is 1. The van der Waals surface area contributed by atoms with E-state index in [1.165, 1.54) is 12.0 Å². The van der Waals surface area contributed by atoms with Crippen LogP contribution in [0.2, 0.25) is 0 Å². The summed E-state index contributed by atoms with van der Waals surface area (Å²) in [5.74, 6) is 0.635. The number of carboxylic acid groups (broad SMARTS) is 1. The van der Waals surface area contributed by atoms with Gasteiger partial charge in [-0.15, -0.1) is 0 Å². The van der Waals surface area contributed by atoms with Crippen molar-refractivity contribution in [2.24, 2.45) is 0 Å². The third kappa shape index (κ3) is 6.93. The molecule has 1 unspecified atom stereocenters. The maximum Gasteiger partial charge on any atom is 0.326 e. The van der Waals surface area contributed by atoms with Crippen LogP contribution < -0.4 is 15.5 Å². The molecule has 3 N–H and O–H groups in total. The van der Waals surface area contributed by atoms with Crippen molar-refractivity contribution < 1.29 is 14.7 Å². The highest BCUT2D eigenvalue weighted by molar-refractivity contribution is 5.89. The second-order valence-electron chi connectivity index (χ2n) is 9.59. The lowest BCUT2D eigenvalue weighted by atomic mass is 10.0. The summed E-state index contributed by atoms with van der Waals surface area (Å²) in [5.41, 5.74) is 2.45. The lowest BCUT2D eigenvalue weighted by Gasteiger charge is -2.26. The van der Waals surface area contributed by atoms with Gasteiger partial charge in [0.05, 0.1) is 0 Å². The first kappa shape index (κ1) is 24.9. The molecule has 8 nitrogen and oxygen atoms in total. The number of unbranched alkanes of at least 4 members (excludes halogenated alkanes) is 4. The van der Waals surface area contributed by atoms with Gasteiger partial charge in [-0.2, -0.15) is 0 Å². The zero-order valence-electron chi connectivity index (χ0n) is 20.4. The maximum absolute atomic E-state index is 12.9. The normalized spacial score (nSPS) is 17.9. The number of rotatable bonds is 12. The first-order chi connectivity index (χ1) is 17.1. The highest BCUT2D eigenvalue weighted by atomic mass is 16.4. The Hall–Kier alpha value is -3.16. The van der Waals surface area contributed by atoms with Crippen molar-refractivity contribution in [3.8, 4) is 0 Å². The predicted octanol–water partition coefficient (Wildman–Crippen LogP) is 3.96. The summed E-state index contributed by atoms with van der Waals surface area (Å²) < 4.78 is 0. The third-order valence-electron chi connectivity index (χ3n) is 6.99. The largest absolute Gasteiger partial charge is 0.480 e. The fourth-order valence-electron chi connectivity index (χ4n) is 5.06. The minimum atomic E-state index is -0.965. The van der Waals surface area contributed by atoms with Gasteiger partial charge in [-0.05, 0) is 68.7 Å². The smallest absolute Gasteiger partial charge is 0.326 e. The van der Waals surface area contributed by atoms with E-state index >= 15 is 0 Å². The Morgan fingerprint density at radius 3 is 2.80 bits per heavy atom. The number of carboxylic acids is 1. The second-order valence-corrected chi connectivity index (χ2v) is 9.59. The molecule has 35 heavy (non-hydrogen) atoms. The van der Waals surface area contributed by atoms with Crippen LogP contribution in [-0.2, 0) is 22.4 Å². The van der Waals surface area contributed by atoms with Gasteiger partial charge in [0.2, 0.25) is 5.91 Å². The van der Waals surface area contributed by atoms with E-state index in [-0.39, 0.29) is 11.9 Å². The van der Waals surface area contributed by atoms with Gasteiger partial charge in [0.25, 0.3) is 0 Å². The molecule has 188 valence electrons. The topological polar surface area (TPSA) is 107 Å². The quantitative estimate of drug-likeness (QED) is 0.396. The number of nitrogens with one attached hydrogen (secondary N) is 2. The average molecular weight is 480 g/mol. The molecule has 8 heteroatoms. The van der Waals surface area contributed by atoms with Crippen LogP contribution in [0.25, 0.3) is 0 Å². The molecular formula is C27H37N5O3. The van der Waals surface area contributed by atoms with Gasteiger partial charge >= 0.3 is 5.97 Å². The predicted molar refractivity (Wildman–Crippen MR) is 137 cm³/mol. The molecule has 0 saturated carbocycles. The number of fused-ring (bicyclic) bond motifs is 1. The number of aryl methyl sites for hydroxylation is 2. The molecule has 4 heterocycles. The molecular weight excluding hydrogens is 442 g/mol. The molecule has 1 fully saturated rings. The van der Waals surface area contributed by atoms with Crippen LogP contribution in [0.15, 0.2) is 36.5 Å². The number of amides is 1. The van der Waals surface area contributed by atoms with Crippen molar-refractivity contribution in [2.45, 2.75) is 82.7 Å². The van der Waals surface area contributed by atoms with Crippen molar-refractivity contribution in [1.82, 2.24) is 15.3 Å². The summed E-state index contributed by atoms with van der Waals surface area (Å²) in [6, 6.07) is 8.77.